The second kappa shape index (κ2) is 8.82. The number of carbonyl (C=O) groups is 1. The van der Waals surface area contributed by atoms with Gasteiger partial charge in [-0.2, -0.15) is 9.63 Å². The molecule has 122 valence electrons. The Hall–Kier alpha value is -1.50. The van der Waals surface area contributed by atoms with E-state index in [9.17, 15) is 4.79 Å². The maximum atomic E-state index is 12.3. The third-order valence-corrected chi connectivity index (χ3v) is 3.81. The Labute approximate surface area is 137 Å². The van der Waals surface area contributed by atoms with Crippen LogP contribution in [0.25, 0.3) is 0 Å². The molecule has 0 unspecified atom stereocenters. The third kappa shape index (κ3) is 4.76. The van der Waals surface area contributed by atoms with Crippen LogP contribution < -0.4 is 10.1 Å². The summed E-state index contributed by atoms with van der Waals surface area (Å²) in [5.74, 6) is 0.468. The van der Waals surface area contributed by atoms with Gasteiger partial charge in [-0.15, -0.1) is 0 Å². The van der Waals surface area contributed by atoms with Gasteiger partial charge in [0.1, 0.15) is 18.8 Å². The highest BCUT2D eigenvalue weighted by Gasteiger charge is 2.37. The van der Waals surface area contributed by atoms with Gasteiger partial charge in [0.05, 0.1) is 12.1 Å². The number of hydrogen-bond acceptors (Lipinski definition) is 4. The first kappa shape index (κ1) is 18.5. The van der Waals surface area contributed by atoms with E-state index in [1.807, 2.05) is 26.0 Å². The topological polar surface area (TPSA) is 47.6 Å². The normalized spacial score (nSPS) is 11.1. The van der Waals surface area contributed by atoms with E-state index in [-0.39, 0.29) is 4.65 Å². The van der Waals surface area contributed by atoms with E-state index in [1.54, 1.807) is 12.1 Å². The number of benzene rings is 1. The van der Waals surface area contributed by atoms with Gasteiger partial charge in [-0.05, 0) is 38.8 Å². The van der Waals surface area contributed by atoms with E-state index in [1.165, 1.54) is 7.11 Å². The van der Waals surface area contributed by atoms with Crippen LogP contribution in [0.4, 0.5) is 10.5 Å². The molecular weight excluding hydrogens is 300 g/mol. The van der Waals surface area contributed by atoms with Crippen LogP contribution in [0.1, 0.15) is 33.6 Å². The summed E-state index contributed by atoms with van der Waals surface area (Å²) < 4.78 is 5.29. The van der Waals surface area contributed by atoms with Crippen LogP contribution in [0.5, 0.6) is 5.75 Å². The molecule has 0 saturated carbocycles. The molecule has 0 bridgehead atoms. The molecular formula is C16H25N2O3S+. The summed E-state index contributed by atoms with van der Waals surface area (Å²) in [5.41, 5.74) is 0.812. The highest BCUT2D eigenvalue weighted by atomic mass is 32.1. The van der Waals surface area contributed by atoms with Crippen LogP contribution in [0, 0.1) is 0 Å². The zero-order valence-corrected chi connectivity index (χ0v) is 14.5. The van der Waals surface area contributed by atoms with E-state index in [0.29, 0.717) is 18.8 Å². The summed E-state index contributed by atoms with van der Waals surface area (Å²) in [6.45, 7) is 6.85. The number of hydrogen-bond donors (Lipinski definition) is 1. The maximum absolute atomic E-state index is 12.3. The minimum Gasteiger partial charge on any atom is -0.378 e. The van der Waals surface area contributed by atoms with E-state index in [2.05, 4.69) is 12.2 Å². The minimum absolute atomic E-state index is 0.175. The average Bonchev–Trinajstić information content (AvgIpc) is 2.50. The van der Waals surface area contributed by atoms with Crippen molar-refractivity contribution in [3.05, 3.63) is 24.3 Å². The minimum atomic E-state index is -0.430. The lowest BCUT2D eigenvalue weighted by atomic mass is 10.3. The fourth-order valence-corrected chi connectivity index (χ4v) is 2.41. The van der Waals surface area contributed by atoms with Crippen LogP contribution in [0.15, 0.2) is 24.3 Å². The maximum Gasteiger partial charge on any atom is 0.555 e. The molecule has 1 amide bonds. The molecule has 0 fully saturated rings. The number of nitrogens with one attached hydrogen (secondary N) is 1. The van der Waals surface area contributed by atoms with Gasteiger partial charge in [0, 0.05) is 11.8 Å². The molecule has 1 aromatic carbocycles. The Morgan fingerprint density at radius 1 is 1.27 bits per heavy atom. The number of anilines is 1. The second-order valence-electron chi connectivity index (χ2n) is 4.90. The van der Waals surface area contributed by atoms with Crippen molar-refractivity contribution in [2.24, 2.45) is 0 Å². The van der Waals surface area contributed by atoms with Crippen molar-refractivity contribution in [3.63, 3.8) is 0 Å². The summed E-state index contributed by atoms with van der Waals surface area (Å²) in [6.07, 6.45) is 1.39. The molecule has 6 heteroatoms. The van der Waals surface area contributed by atoms with E-state index in [4.69, 9.17) is 21.8 Å². The van der Waals surface area contributed by atoms with Crippen molar-refractivity contribution in [3.8, 4) is 5.75 Å². The Morgan fingerprint density at radius 2 is 1.95 bits per heavy atom. The number of hydroxylamine groups is 3. The van der Waals surface area contributed by atoms with Crippen molar-refractivity contribution in [2.75, 3.05) is 25.5 Å². The monoisotopic (exact) mass is 325 g/mol. The quantitative estimate of drug-likeness (QED) is 0.464. The number of thiocarbonyl (C=S) groups is 1. The van der Waals surface area contributed by atoms with Gasteiger partial charge in [-0.1, -0.05) is 29.9 Å². The SMILES string of the molecule is CCCC(=S)Nc1cccc(OC(=O)[N+](CC)(CC)OC)c1. The predicted octanol–water partition coefficient (Wildman–Crippen LogP) is 4.14. The van der Waals surface area contributed by atoms with Gasteiger partial charge in [-0.3, -0.25) is 0 Å². The Morgan fingerprint density at radius 3 is 2.50 bits per heavy atom. The van der Waals surface area contributed by atoms with Crippen LogP contribution >= 0.6 is 12.2 Å². The third-order valence-electron chi connectivity index (χ3n) is 3.50. The summed E-state index contributed by atoms with van der Waals surface area (Å²) in [7, 11) is 1.51. The fourth-order valence-electron chi connectivity index (χ4n) is 2.09. The fraction of sp³-hybridized carbons (Fsp3) is 0.500. The number of quaternary nitrogens is 1. The summed E-state index contributed by atoms with van der Waals surface area (Å²) in [5, 5.41) is 3.14. The van der Waals surface area contributed by atoms with Gasteiger partial charge >= 0.3 is 6.09 Å². The zero-order valence-electron chi connectivity index (χ0n) is 13.7. The number of nitrogens with zero attached hydrogens (tertiary/aromatic N) is 1. The van der Waals surface area contributed by atoms with Crippen molar-refractivity contribution in [1.29, 1.82) is 0 Å². The molecule has 0 spiro atoms. The molecule has 0 atom stereocenters. The first-order chi connectivity index (χ1) is 10.5. The number of amides is 1. The van der Waals surface area contributed by atoms with Gasteiger partial charge in [-0.25, -0.2) is 0 Å². The summed E-state index contributed by atoms with van der Waals surface area (Å²) >= 11 is 5.24. The van der Waals surface area contributed by atoms with Crippen molar-refractivity contribution in [1.82, 2.24) is 0 Å². The van der Waals surface area contributed by atoms with E-state index >= 15 is 0 Å². The smallest absolute Gasteiger partial charge is 0.378 e. The molecule has 0 heterocycles. The highest BCUT2D eigenvalue weighted by Crippen LogP contribution is 2.20. The predicted molar refractivity (Wildman–Crippen MR) is 91.9 cm³/mol. The molecule has 0 aliphatic rings. The first-order valence-electron chi connectivity index (χ1n) is 7.56. The van der Waals surface area contributed by atoms with Gasteiger partial charge in [0.2, 0.25) is 0 Å². The largest absolute Gasteiger partial charge is 0.555 e. The number of carbonyl (C=O) groups excluding carboxylic acids is 1. The van der Waals surface area contributed by atoms with Gasteiger partial charge < -0.3 is 10.1 Å². The average molecular weight is 325 g/mol. The second-order valence-corrected chi connectivity index (χ2v) is 5.39. The van der Waals surface area contributed by atoms with E-state index < -0.39 is 6.09 Å². The first-order valence-corrected chi connectivity index (χ1v) is 7.97. The lowest BCUT2D eigenvalue weighted by Gasteiger charge is -2.27. The van der Waals surface area contributed by atoms with Crippen molar-refractivity contribution < 1.29 is 19.0 Å². The molecule has 0 saturated heterocycles. The van der Waals surface area contributed by atoms with Gasteiger partial charge in [0.15, 0.2) is 0 Å². The molecule has 0 radical (unpaired) electrons. The highest BCUT2D eigenvalue weighted by molar-refractivity contribution is 7.80. The van der Waals surface area contributed by atoms with Crippen molar-refractivity contribution in [2.45, 2.75) is 33.6 Å². The van der Waals surface area contributed by atoms with Crippen LogP contribution in [-0.2, 0) is 4.84 Å². The molecule has 0 aliphatic heterocycles. The molecule has 22 heavy (non-hydrogen) atoms. The standard InChI is InChI=1S/C16H24N2O3S/c1-5-9-15(22)17-13-10-8-11-14(12-13)21-16(19)18(6-2,7-3)20-4/h8,10-12H,5-7,9H2,1-4H3/p+1. The molecule has 1 rings (SSSR count). The van der Waals surface area contributed by atoms with Crippen LogP contribution in [-0.4, -0.2) is 35.9 Å². The Balaban J connectivity index is 2.82. The molecule has 5 nitrogen and oxygen atoms in total. The Kier molecular flexibility index (Phi) is 7.44. The lowest BCUT2D eigenvalue weighted by molar-refractivity contribution is -1.04. The van der Waals surface area contributed by atoms with E-state index in [0.717, 1.165) is 23.5 Å². The van der Waals surface area contributed by atoms with Gasteiger partial charge in [0.25, 0.3) is 0 Å². The summed E-state index contributed by atoms with van der Waals surface area (Å²) in [6, 6.07) is 7.20. The zero-order chi connectivity index (χ0) is 16.6. The number of rotatable bonds is 7. The molecule has 1 aromatic rings. The molecule has 1 N–H and O–H groups in total. The molecule has 0 aromatic heterocycles. The Bertz CT molecular complexity index is 508. The molecule has 0 aliphatic carbocycles. The van der Waals surface area contributed by atoms with Crippen molar-refractivity contribution >= 4 is 29.0 Å². The number of ether oxygens (including phenoxy) is 1. The van der Waals surface area contributed by atoms with Crippen LogP contribution in [0.3, 0.4) is 0 Å². The summed E-state index contributed by atoms with van der Waals surface area (Å²) in [4.78, 5) is 18.4. The van der Waals surface area contributed by atoms with Crippen LogP contribution in [0.2, 0.25) is 0 Å². The lowest BCUT2D eigenvalue weighted by Crippen LogP contribution is -2.53.